The summed E-state index contributed by atoms with van der Waals surface area (Å²) in [5.74, 6) is -0.704. The number of nitrogens with one attached hydrogen (secondary N) is 1. The van der Waals surface area contributed by atoms with E-state index in [1.54, 1.807) is 10.6 Å². The third kappa shape index (κ3) is 2.41. The first kappa shape index (κ1) is 15.3. The molecule has 4 nitrogen and oxygen atoms in total. The molecule has 2 aliphatic heterocycles. The lowest BCUT2D eigenvalue weighted by molar-refractivity contribution is 0.257. The molecule has 1 aromatic carbocycles. The third-order valence-corrected chi connectivity index (χ3v) is 5.00. The molecule has 0 amide bonds. The molecule has 2 aromatic rings. The first-order valence-corrected chi connectivity index (χ1v) is 8.05. The van der Waals surface area contributed by atoms with E-state index in [-0.39, 0.29) is 28.4 Å². The van der Waals surface area contributed by atoms with Crippen LogP contribution >= 0.6 is 0 Å². The van der Waals surface area contributed by atoms with E-state index in [9.17, 15) is 13.6 Å². The molecule has 1 fully saturated rings. The molecule has 126 valence electrons. The number of methoxy groups -OCH3 is 1. The highest BCUT2D eigenvalue weighted by atomic mass is 19.1. The van der Waals surface area contributed by atoms with E-state index in [1.807, 2.05) is 0 Å². The summed E-state index contributed by atoms with van der Waals surface area (Å²) in [6.45, 7) is 2.35. The summed E-state index contributed by atoms with van der Waals surface area (Å²) in [6, 6.07) is 5.34. The summed E-state index contributed by atoms with van der Waals surface area (Å²) in [5.41, 5.74) is 0.763. The largest absolute Gasteiger partial charge is 0.497 e. The number of hydrogen-bond donors (Lipinski definition) is 1. The van der Waals surface area contributed by atoms with Crippen molar-refractivity contribution >= 4 is 0 Å². The van der Waals surface area contributed by atoms with Gasteiger partial charge in [-0.25, -0.2) is 8.78 Å². The standard InChI is InChI=1S/C18H18F2N2O2/c1-24-13-5-14(19)18(15(20)6-13)11-3-16-12-2-10(7-21-8-12)9-22(16)17(23)4-11/h3-6,10,12,21H,2,7-9H2,1H3/t10-,12+/m0/s1. The molecule has 6 heteroatoms. The average molecular weight is 332 g/mol. The monoisotopic (exact) mass is 332 g/mol. The van der Waals surface area contributed by atoms with E-state index in [4.69, 9.17) is 4.74 Å². The first-order valence-electron chi connectivity index (χ1n) is 8.05. The van der Waals surface area contributed by atoms with E-state index in [0.717, 1.165) is 37.3 Å². The Morgan fingerprint density at radius 1 is 1.17 bits per heavy atom. The van der Waals surface area contributed by atoms with Gasteiger partial charge >= 0.3 is 0 Å². The van der Waals surface area contributed by atoms with Crippen LogP contribution in [-0.2, 0) is 6.54 Å². The predicted molar refractivity (Wildman–Crippen MR) is 86.3 cm³/mol. The van der Waals surface area contributed by atoms with Gasteiger partial charge in [0.1, 0.15) is 17.4 Å². The average Bonchev–Trinajstić information content (AvgIpc) is 2.55. The van der Waals surface area contributed by atoms with Crippen LogP contribution in [0, 0.1) is 17.6 Å². The summed E-state index contributed by atoms with van der Waals surface area (Å²) >= 11 is 0. The smallest absolute Gasteiger partial charge is 0.251 e. The fourth-order valence-corrected chi connectivity index (χ4v) is 3.89. The predicted octanol–water partition coefficient (Wildman–Crippen LogP) is 2.51. The van der Waals surface area contributed by atoms with Crippen LogP contribution in [0.1, 0.15) is 18.0 Å². The SMILES string of the molecule is COc1cc(F)c(-c2cc3n(c(=O)c2)C[C@@H]2CNC[C@H]3C2)c(F)c1. The van der Waals surface area contributed by atoms with Crippen molar-refractivity contribution in [2.45, 2.75) is 18.9 Å². The van der Waals surface area contributed by atoms with E-state index in [0.29, 0.717) is 12.5 Å². The van der Waals surface area contributed by atoms with Crippen molar-refractivity contribution in [1.82, 2.24) is 9.88 Å². The van der Waals surface area contributed by atoms with Gasteiger partial charge in [0.05, 0.1) is 12.7 Å². The number of aromatic nitrogens is 1. The molecule has 0 saturated carbocycles. The summed E-state index contributed by atoms with van der Waals surface area (Å²) in [6.07, 6.45) is 1.00. The molecule has 0 radical (unpaired) electrons. The Kier molecular flexibility index (Phi) is 3.64. The normalized spacial score (nSPS) is 22.1. The number of hydrogen-bond acceptors (Lipinski definition) is 3. The second kappa shape index (κ2) is 5.70. The van der Waals surface area contributed by atoms with Crippen LogP contribution in [0.2, 0.25) is 0 Å². The number of pyridine rings is 1. The van der Waals surface area contributed by atoms with Crippen molar-refractivity contribution < 1.29 is 13.5 Å². The topological polar surface area (TPSA) is 43.3 Å². The number of fused-ring (bicyclic) bond motifs is 4. The number of rotatable bonds is 2. The number of halogens is 2. The maximum Gasteiger partial charge on any atom is 0.251 e. The van der Waals surface area contributed by atoms with Gasteiger partial charge in [0.15, 0.2) is 0 Å². The van der Waals surface area contributed by atoms with Crippen molar-refractivity contribution in [3.63, 3.8) is 0 Å². The summed E-state index contributed by atoms with van der Waals surface area (Å²) < 4.78 is 35.4. The zero-order valence-corrected chi connectivity index (χ0v) is 13.3. The molecule has 2 bridgehead atoms. The molecule has 4 rings (SSSR count). The molecular weight excluding hydrogens is 314 g/mol. The van der Waals surface area contributed by atoms with E-state index < -0.39 is 11.6 Å². The quantitative estimate of drug-likeness (QED) is 0.919. The number of nitrogens with zero attached hydrogens (tertiary/aromatic N) is 1. The lowest BCUT2D eigenvalue weighted by atomic mass is 9.83. The van der Waals surface area contributed by atoms with E-state index in [1.165, 1.54) is 13.2 Å². The Balaban J connectivity index is 1.87. The fourth-order valence-electron chi connectivity index (χ4n) is 3.89. The summed E-state index contributed by atoms with van der Waals surface area (Å²) in [5, 5.41) is 3.36. The minimum Gasteiger partial charge on any atom is -0.497 e. The Morgan fingerprint density at radius 3 is 2.62 bits per heavy atom. The highest BCUT2D eigenvalue weighted by Gasteiger charge is 2.31. The zero-order chi connectivity index (χ0) is 16.8. The van der Waals surface area contributed by atoms with Gasteiger partial charge in [-0.3, -0.25) is 4.79 Å². The van der Waals surface area contributed by atoms with Crippen LogP contribution in [0.25, 0.3) is 11.1 Å². The molecule has 0 aliphatic carbocycles. The maximum absolute atomic E-state index is 14.4. The second-order valence-electron chi connectivity index (χ2n) is 6.54. The lowest BCUT2D eigenvalue weighted by Crippen LogP contribution is -2.44. The summed E-state index contributed by atoms with van der Waals surface area (Å²) in [7, 11) is 1.35. The molecule has 0 unspecified atom stereocenters. The van der Waals surface area contributed by atoms with Gasteiger partial charge in [0, 0.05) is 42.9 Å². The van der Waals surface area contributed by atoms with E-state index in [2.05, 4.69) is 5.32 Å². The Labute approximate surface area is 138 Å². The number of piperidine rings is 1. The fraction of sp³-hybridized carbons (Fsp3) is 0.389. The van der Waals surface area contributed by atoms with Crippen molar-refractivity contribution in [1.29, 1.82) is 0 Å². The van der Waals surface area contributed by atoms with Gasteiger partial charge in [-0.1, -0.05) is 0 Å². The molecule has 2 atom stereocenters. The lowest BCUT2D eigenvalue weighted by Gasteiger charge is -2.37. The van der Waals surface area contributed by atoms with Crippen molar-refractivity contribution in [2.24, 2.45) is 5.92 Å². The first-order chi connectivity index (χ1) is 11.6. The van der Waals surface area contributed by atoms with Gasteiger partial charge in [0.25, 0.3) is 5.56 Å². The van der Waals surface area contributed by atoms with Gasteiger partial charge in [0.2, 0.25) is 0 Å². The minimum absolute atomic E-state index is 0.114. The Bertz CT molecular complexity index is 840. The molecule has 1 aromatic heterocycles. The van der Waals surface area contributed by atoms with Crippen LogP contribution in [0.3, 0.4) is 0 Å². The van der Waals surface area contributed by atoms with Crippen LogP contribution in [0.5, 0.6) is 5.75 Å². The highest BCUT2D eigenvalue weighted by Crippen LogP contribution is 2.35. The van der Waals surface area contributed by atoms with Gasteiger partial charge in [-0.15, -0.1) is 0 Å². The van der Waals surface area contributed by atoms with Gasteiger partial charge in [-0.2, -0.15) is 0 Å². The molecule has 3 heterocycles. The van der Waals surface area contributed by atoms with Gasteiger partial charge in [-0.05, 0) is 30.5 Å². The van der Waals surface area contributed by atoms with Crippen LogP contribution < -0.4 is 15.6 Å². The Morgan fingerprint density at radius 2 is 1.92 bits per heavy atom. The Hall–Kier alpha value is -2.21. The third-order valence-electron chi connectivity index (χ3n) is 5.00. The van der Waals surface area contributed by atoms with Crippen molar-refractivity contribution in [2.75, 3.05) is 20.2 Å². The number of benzene rings is 1. The highest BCUT2D eigenvalue weighted by molar-refractivity contribution is 5.66. The molecule has 0 spiro atoms. The molecule has 1 N–H and O–H groups in total. The molecule has 24 heavy (non-hydrogen) atoms. The number of ether oxygens (including phenoxy) is 1. The minimum atomic E-state index is -0.730. The van der Waals surface area contributed by atoms with Gasteiger partial charge < -0.3 is 14.6 Å². The molecular formula is C18H18F2N2O2. The van der Waals surface area contributed by atoms with E-state index >= 15 is 0 Å². The van der Waals surface area contributed by atoms with Crippen LogP contribution in [0.4, 0.5) is 8.78 Å². The van der Waals surface area contributed by atoms with Crippen LogP contribution in [-0.4, -0.2) is 24.8 Å². The maximum atomic E-state index is 14.4. The molecule has 2 aliphatic rings. The van der Waals surface area contributed by atoms with Crippen molar-refractivity contribution in [3.8, 4) is 16.9 Å². The molecule has 1 saturated heterocycles. The summed E-state index contributed by atoms with van der Waals surface area (Å²) in [4.78, 5) is 12.5. The zero-order valence-electron chi connectivity index (χ0n) is 13.3. The second-order valence-corrected chi connectivity index (χ2v) is 6.54. The van der Waals surface area contributed by atoms with Crippen LogP contribution in [0.15, 0.2) is 29.1 Å². The van der Waals surface area contributed by atoms with Crippen molar-refractivity contribution in [3.05, 3.63) is 51.9 Å².